The molecule has 3 aliphatic heterocycles. The number of H-pyrrole nitrogens is 1. The van der Waals surface area contributed by atoms with Gasteiger partial charge in [-0.05, 0) is 31.0 Å². The van der Waals surface area contributed by atoms with E-state index in [9.17, 15) is 0 Å². The number of rotatable bonds is 3. The number of piperidine rings is 1. The van der Waals surface area contributed by atoms with Crippen LogP contribution in [0.1, 0.15) is 24.5 Å². The number of halogens is 1. The summed E-state index contributed by atoms with van der Waals surface area (Å²) < 4.78 is 12.8. The summed E-state index contributed by atoms with van der Waals surface area (Å²) in [6.45, 7) is 5.70. The molecule has 0 radical (unpaired) electrons. The molecule has 1 unspecified atom stereocenters. The van der Waals surface area contributed by atoms with Crippen LogP contribution in [-0.2, 0) is 9.47 Å². The monoisotopic (exact) mass is 498 g/mol. The number of ether oxygens (including phenoxy) is 2. The van der Waals surface area contributed by atoms with Crippen molar-refractivity contribution >= 4 is 38.6 Å². The Balaban J connectivity index is 1.37. The summed E-state index contributed by atoms with van der Waals surface area (Å²) in [5.41, 5.74) is 2.16. The van der Waals surface area contributed by atoms with E-state index in [0.29, 0.717) is 25.0 Å². The highest BCUT2D eigenvalue weighted by Crippen LogP contribution is 2.34. The number of imidazole rings is 1. The van der Waals surface area contributed by atoms with E-state index in [4.69, 9.17) is 19.4 Å². The van der Waals surface area contributed by atoms with Crippen molar-refractivity contribution in [2.45, 2.75) is 24.9 Å². The molecule has 8 nitrogen and oxygen atoms in total. The van der Waals surface area contributed by atoms with Crippen LogP contribution in [0, 0.1) is 5.92 Å². The average Bonchev–Trinajstić information content (AvgIpc) is 3.47. The first-order valence-corrected chi connectivity index (χ1v) is 12.2. The molecule has 0 bridgehead atoms. The molecular formula is C23H27BrN6O2. The molecule has 3 aromatic rings. The fraction of sp³-hybridized carbons (Fsp3) is 0.522. The minimum absolute atomic E-state index is 0.191. The van der Waals surface area contributed by atoms with Gasteiger partial charge in [-0.15, -0.1) is 0 Å². The van der Waals surface area contributed by atoms with E-state index in [1.165, 1.54) is 5.69 Å². The number of aromatic nitrogens is 4. The van der Waals surface area contributed by atoms with E-state index in [1.807, 2.05) is 6.20 Å². The summed E-state index contributed by atoms with van der Waals surface area (Å²) >= 11 is 3.64. The highest BCUT2D eigenvalue weighted by atomic mass is 79.9. The molecule has 0 spiro atoms. The zero-order chi connectivity index (χ0) is 21.5. The van der Waals surface area contributed by atoms with Gasteiger partial charge in [0, 0.05) is 59.8 Å². The molecule has 1 aromatic carbocycles. The lowest BCUT2D eigenvalue weighted by Gasteiger charge is -2.33. The zero-order valence-corrected chi connectivity index (χ0v) is 19.5. The summed E-state index contributed by atoms with van der Waals surface area (Å²) in [4.78, 5) is 22.3. The van der Waals surface area contributed by atoms with Crippen LogP contribution < -0.4 is 9.80 Å². The number of nitrogens with zero attached hydrogens (tertiary/aromatic N) is 5. The summed E-state index contributed by atoms with van der Waals surface area (Å²) in [5, 5.41) is 1.07. The fourth-order valence-corrected chi connectivity index (χ4v) is 5.53. The Bertz CT molecular complexity index is 1090. The van der Waals surface area contributed by atoms with E-state index in [2.05, 4.69) is 53.9 Å². The van der Waals surface area contributed by atoms with Crippen molar-refractivity contribution in [3.8, 4) is 0 Å². The lowest BCUT2D eigenvalue weighted by molar-refractivity contribution is 0.0412. The van der Waals surface area contributed by atoms with Crippen LogP contribution in [-0.4, -0.2) is 72.0 Å². The second-order valence-electron chi connectivity index (χ2n) is 8.95. The standard InChI is InChI=1S/C23H27BrN6O2/c24-17-3-4-19-18(8-17)22(29-6-7-32-21-13-31-12-16(21)11-29)28-23(27-19)30-5-1-2-15(10-30)20-9-25-14-26-20/h3-4,8-9,14-16,21H,1-2,5-7,10-13H2,(H,25,26)/t15?,16-,21+/m0/s1. The average molecular weight is 499 g/mol. The maximum Gasteiger partial charge on any atom is 0.227 e. The molecule has 3 saturated heterocycles. The second-order valence-corrected chi connectivity index (χ2v) is 9.87. The third-order valence-electron chi connectivity index (χ3n) is 6.88. The van der Waals surface area contributed by atoms with Gasteiger partial charge >= 0.3 is 0 Å². The van der Waals surface area contributed by atoms with Crippen LogP contribution in [0.5, 0.6) is 0 Å². The number of benzene rings is 1. The van der Waals surface area contributed by atoms with E-state index >= 15 is 0 Å². The molecule has 32 heavy (non-hydrogen) atoms. The van der Waals surface area contributed by atoms with Gasteiger partial charge in [-0.1, -0.05) is 15.9 Å². The van der Waals surface area contributed by atoms with Crippen LogP contribution in [0.25, 0.3) is 10.9 Å². The second kappa shape index (κ2) is 8.61. The smallest absolute Gasteiger partial charge is 0.227 e. The zero-order valence-electron chi connectivity index (χ0n) is 17.9. The van der Waals surface area contributed by atoms with Crippen molar-refractivity contribution in [2.75, 3.05) is 55.8 Å². The summed E-state index contributed by atoms with van der Waals surface area (Å²) in [5.74, 6) is 2.59. The number of hydrogen-bond acceptors (Lipinski definition) is 7. The molecule has 168 valence electrons. The maximum absolute atomic E-state index is 6.08. The number of fused-ring (bicyclic) bond motifs is 2. The van der Waals surface area contributed by atoms with Crippen LogP contribution in [0.15, 0.2) is 35.2 Å². The normalized spacial score (nSPS) is 26.3. The number of hydrogen-bond donors (Lipinski definition) is 1. The molecule has 3 aliphatic rings. The molecule has 3 fully saturated rings. The SMILES string of the molecule is Brc1ccc2nc(N3CCCC(c4cnc[nH]4)C3)nc(N3CCO[C@@H]4COC[C@@H]4C3)c2c1. The van der Waals surface area contributed by atoms with Gasteiger partial charge in [0.15, 0.2) is 0 Å². The van der Waals surface area contributed by atoms with Gasteiger partial charge in [0.2, 0.25) is 5.95 Å². The molecule has 1 N–H and O–H groups in total. The minimum Gasteiger partial charge on any atom is -0.378 e. The van der Waals surface area contributed by atoms with Crippen LogP contribution in [0.3, 0.4) is 0 Å². The Labute approximate surface area is 195 Å². The molecule has 0 saturated carbocycles. The lowest BCUT2D eigenvalue weighted by Crippen LogP contribution is -2.37. The molecule has 0 aliphatic carbocycles. The van der Waals surface area contributed by atoms with Gasteiger partial charge < -0.3 is 24.3 Å². The molecule has 3 atom stereocenters. The maximum atomic E-state index is 6.08. The van der Waals surface area contributed by atoms with Crippen LogP contribution in [0.2, 0.25) is 0 Å². The third kappa shape index (κ3) is 3.86. The van der Waals surface area contributed by atoms with Gasteiger partial charge in [0.05, 0.1) is 37.8 Å². The lowest BCUT2D eigenvalue weighted by atomic mass is 9.95. The van der Waals surface area contributed by atoms with Gasteiger partial charge in [-0.3, -0.25) is 0 Å². The largest absolute Gasteiger partial charge is 0.378 e. The van der Waals surface area contributed by atoms with E-state index in [-0.39, 0.29) is 6.10 Å². The Kier molecular flexibility index (Phi) is 5.48. The summed E-state index contributed by atoms with van der Waals surface area (Å²) in [7, 11) is 0. The van der Waals surface area contributed by atoms with Crippen LogP contribution in [0.4, 0.5) is 11.8 Å². The molecule has 5 heterocycles. The van der Waals surface area contributed by atoms with E-state index < -0.39 is 0 Å². The molecule has 6 rings (SSSR count). The number of nitrogens with one attached hydrogen (secondary N) is 1. The van der Waals surface area contributed by atoms with Crippen molar-refractivity contribution in [3.63, 3.8) is 0 Å². The first kappa shape index (κ1) is 20.4. The fourth-order valence-electron chi connectivity index (χ4n) is 5.17. The quantitative estimate of drug-likeness (QED) is 0.592. The predicted octanol–water partition coefficient (Wildman–Crippen LogP) is 3.35. The highest BCUT2D eigenvalue weighted by molar-refractivity contribution is 9.10. The molecule has 0 amide bonds. The third-order valence-corrected chi connectivity index (χ3v) is 7.37. The Hall–Kier alpha value is -2.23. The van der Waals surface area contributed by atoms with Crippen molar-refractivity contribution in [3.05, 3.63) is 40.9 Å². The molecule has 9 heteroatoms. The Morgan fingerprint density at radius 2 is 2.06 bits per heavy atom. The van der Waals surface area contributed by atoms with Crippen LogP contribution >= 0.6 is 15.9 Å². The van der Waals surface area contributed by atoms with Gasteiger partial charge in [0.25, 0.3) is 0 Å². The minimum atomic E-state index is 0.191. The Morgan fingerprint density at radius 1 is 1.09 bits per heavy atom. The Morgan fingerprint density at radius 3 is 2.97 bits per heavy atom. The molecular weight excluding hydrogens is 472 g/mol. The molecule has 2 aromatic heterocycles. The first-order chi connectivity index (χ1) is 15.7. The highest BCUT2D eigenvalue weighted by Gasteiger charge is 2.34. The predicted molar refractivity (Wildman–Crippen MR) is 126 cm³/mol. The van der Waals surface area contributed by atoms with Gasteiger partial charge in [-0.2, -0.15) is 4.98 Å². The van der Waals surface area contributed by atoms with Crippen molar-refractivity contribution in [1.82, 2.24) is 19.9 Å². The van der Waals surface area contributed by atoms with E-state index in [1.54, 1.807) is 6.33 Å². The first-order valence-electron chi connectivity index (χ1n) is 11.4. The summed E-state index contributed by atoms with van der Waals surface area (Å²) in [6.07, 6.45) is 6.16. The van der Waals surface area contributed by atoms with Crippen molar-refractivity contribution in [1.29, 1.82) is 0 Å². The summed E-state index contributed by atoms with van der Waals surface area (Å²) in [6, 6.07) is 6.27. The van der Waals surface area contributed by atoms with Gasteiger partial charge in [0.1, 0.15) is 5.82 Å². The van der Waals surface area contributed by atoms with Crippen molar-refractivity contribution < 1.29 is 9.47 Å². The topological polar surface area (TPSA) is 79.4 Å². The van der Waals surface area contributed by atoms with E-state index in [0.717, 1.165) is 72.8 Å². The number of anilines is 2. The number of aromatic amines is 1. The van der Waals surface area contributed by atoms with Crippen molar-refractivity contribution in [2.24, 2.45) is 5.92 Å². The van der Waals surface area contributed by atoms with Gasteiger partial charge in [-0.25, -0.2) is 9.97 Å².